The van der Waals surface area contributed by atoms with Gasteiger partial charge in [0.2, 0.25) is 5.78 Å². The van der Waals surface area contributed by atoms with Crippen molar-refractivity contribution in [1.29, 1.82) is 0 Å². The number of ether oxygens (including phenoxy) is 3. The van der Waals surface area contributed by atoms with E-state index in [0.29, 0.717) is 45.1 Å². The molecule has 1 atom stereocenters. The van der Waals surface area contributed by atoms with Gasteiger partial charge in [-0.2, -0.15) is 0 Å². The normalized spacial score (nSPS) is 16.6. The van der Waals surface area contributed by atoms with Gasteiger partial charge in [-0.05, 0) is 60.2 Å². The molecular weight excluding hydrogens is 516 g/mol. The van der Waals surface area contributed by atoms with Crippen molar-refractivity contribution in [2.45, 2.75) is 12.3 Å². The standard InChI is InChI=1S/C31H20O9/c1-37-31(36)19-4-2-16(3-5-19)14-25-28(33)20-10-11-24-27(29(20)40-25)21(15-26(32)39-24)23-13-12-22(38-23)17-6-8-18(9-7-17)30(34)35/h2-14,21H,15H2,1H3,(H,34,35)/b25-14-/t21-/m1/s1. The molecule has 2 aliphatic rings. The molecule has 0 radical (unpaired) electrons. The lowest BCUT2D eigenvalue weighted by atomic mass is 9.88. The molecule has 4 aromatic rings. The molecule has 0 bridgehead atoms. The lowest BCUT2D eigenvalue weighted by molar-refractivity contribution is -0.135. The van der Waals surface area contributed by atoms with Gasteiger partial charge in [0.1, 0.15) is 23.0 Å². The van der Waals surface area contributed by atoms with Crippen molar-refractivity contribution >= 4 is 29.8 Å². The van der Waals surface area contributed by atoms with E-state index in [1.54, 1.807) is 66.7 Å². The third-order valence-corrected chi connectivity index (χ3v) is 6.80. The molecule has 3 heterocycles. The zero-order chi connectivity index (χ0) is 28.0. The summed E-state index contributed by atoms with van der Waals surface area (Å²) in [5.41, 5.74) is 2.70. The number of fused-ring (bicyclic) bond motifs is 3. The second kappa shape index (κ2) is 9.70. The lowest BCUT2D eigenvalue weighted by Crippen LogP contribution is -2.21. The van der Waals surface area contributed by atoms with Gasteiger partial charge >= 0.3 is 17.9 Å². The van der Waals surface area contributed by atoms with E-state index in [0.717, 1.165) is 0 Å². The SMILES string of the molecule is COC(=O)c1ccc(/C=C2\Oc3c(ccc4c3[C@@H](c3ccc(-c5ccc(C(=O)O)cc5)o3)CC(=O)O4)C2=O)cc1. The molecule has 0 amide bonds. The monoisotopic (exact) mass is 536 g/mol. The Bertz CT molecular complexity index is 1720. The number of carbonyl (C=O) groups excluding carboxylic acids is 3. The van der Waals surface area contributed by atoms with Crippen LogP contribution < -0.4 is 9.47 Å². The second-order valence-electron chi connectivity index (χ2n) is 9.22. The molecule has 3 aromatic carbocycles. The van der Waals surface area contributed by atoms with Crippen LogP contribution in [0.2, 0.25) is 0 Å². The van der Waals surface area contributed by atoms with Crippen LogP contribution in [0.15, 0.2) is 83.0 Å². The number of carboxylic acid groups (broad SMARTS) is 1. The van der Waals surface area contributed by atoms with Gasteiger partial charge in [-0.25, -0.2) is 9.59 Å². The minimum atomic E-state index is -1.03. The van der Waals surface area contributed by atoms with E-state index in [4.69, 9.17) is 23.7 Å². The number of hydrogen-bond acceptors (Lipinski definition) is 8. The smallest absolute Gasteiger partial charge is 0.337 e. The van der Waals surface area contributed by atoms with Crippen LogP contribution in [-0.4, -0.2) is 35.9 Å². The molecule has 9 heteroatoms. The molecule has 1 aromatic heterocycles. The second-order valence-corrected chi connectivity index (χ2v) is 9.22. The summed E-state index contributed by atoms with van der Waals surface area (Å²) < 4.78 is 22.4. The first-order valence-corrected chi connectivity index (χ1v) is 12.3. The quantitative estimate of drug-likeness (QED) is 0.200. The Morgan fingerprint density at radius 2 is 1.62 bits per heavy atom. The van der Waals surface area contributed by atoms with Gasteiger partial charge in [0.25, 0.3) is 0 Å². The van der Waals surface area contributed by atoms with Gasteiger partial charge in [0.15, 0.2) is 5.76 Å². The number of allylic oxidation sites excluding steroid dienone is 1. The van der Waals surface area contributed by atoms with Crippen LogP contribution in [0.5, 0.6) is 11.5 Å². The molecule has 2 aliphatic heterocycles. The van der Waals surface area contributed by atoms with Crippen molar-refractivity contribution in [3.05, 3.63) is 112 Å². The lowest BCUT2D eigenvalue weighted by Gasteiger charge is -2.24. The fraction of sp³-hybridized carbons (Fsp3) is 0.0968. The molecule has 0 spiro atoms. The number of hydrogen-bond donors (Lipinski definition) is 1. The van der Waals surface area contributed by atoms with E-state index in [9.17, 15) is 19.2 Å². The third-order valence-electron chi connectivity index (χ3n) is 6.80. The minimum Gasteiger partial charge on any atom is -0.478 e. The van der Waals surface area contributed by atoms with E-state index in [2.05, 4.69) is 0 Å². The van der Waals surface area contributed by atoms with Gasteiger partial charge < -0.3 is 23.7 Å². The van der Waals surface area contributed by atoms with Gasteiger partial charge in [-0.1, -0.05) is 24.3 Å². The summed E-state index contributed by atoms with van der Waals surface area (Å²) in [6, 6.07) is 19.4. The Morgan fingerprint density at radius 3 is 2.33 bits per heavy atom. The summed E-state index contributed by atoms with van der Waals surface area (Å²) in [5.74, 6) is -1.24. The number of benzene rings is 3. The summed E-state index contributed by atoms with van der Waals surface area (Å²) in [4.78, 5) is 48.6. The zero-order valence-corrected chi connectivity index (χ0v) is 21.0. The highest BCUT2D eigenvalue weighted by molar-refractivity contribution is 6.15. The largest absolute Gasteiger partial charge is 0.478 e. The van der Waals surface area contributed by atoms with Gasteiger partial charge in [0.05, 0.1) is 36.1 Å². The predicted molar refractivity (Wildman–Crippen MR) is 140 cm³/mol. The minimum absolute atomic E-state index is 0.0278. The average Bonchev–Trinajstić information content (AvgIpc) is 3.58. The molecule has 198 valence electrons. The molecule has 0 saturated carbocycles. The molecule has 9 nitrogen and oxygen atoms in total. The summed E-state index contributed by atoms with van der Waals surface area (Å²) >= 11 is 0. The van der Waals surface area contributed by atoms with Gasteiger partial charge in [0, 0.05) is 11.1 Å². The van der Waals surface area contributed by atoms with Gasteiger partial charge in [-0.3, -0.25) is 9.59 Å². The van der Waals surface area contributed by atoms with Crippen LogP contribution in [0.25, 0.3) is 17.4 Å². The number of Topliss-reactive ketones (excluding diaryl/α,β-unsaturated/α-hetero) is 1. The predicted octanol–water partition coefficient (Wildman–Crippen LogP) is 5.49. The van der Waals surface area contributed by atoms with E-state index < -0.39 is 23.8 Å². The molecule has 0 unspecified atom stereocenters. The number of carboxylic acids is 1. The molecule has 0 saturated heterocycles. The Labute approximate surface area is 227 Å². The number of carbonyl (C=O) groups is 4. The van der Waals surface area contributed by atoms with Gasteiger partial charge in [-0.15, -0.1) is 0 Å². The van der Waals surface area contributed by atoms with Crippen LogP contribution >= 0.6 is 0 Å². The first kappa shape index (κ1) is 24.9. The Kier molecular flexibility index (Phi) is 6.03. The highest BCUT2D eigenvalue weighted by atomic mass is 16.5. The maximum atomic E-state index is 13.2. The van der Waals surface area contributed by atoms with Crippen molar-refractivity contribution in [3.8, 4) is 22.8 Å². The number of ketones is 1. The van der Waals surface area contributed by atoms with Crippen molar-refractivity contribution in [1.82, 2.24) is 0 Å². The van der Waals surface area contributed by atoms with Crippen molar-refractivity contribution in [2.75, 3.05) is 7.11 Å². The van der Waals surface area contributed by atoms with E-state index in [1.165, 1.54) is 19.2 Å². The fourth-order valence-electron chi connectivity index (χ4n) is 4.81. The first-order valence-electron chi connectivity index (χ1n) is 12.3. The highest BCUT2D eigenvalue weighted by Crippen LogP contribution is 2.49. The summed E-state index contributed by atoms with van der Waals surface area (Å²) in [6.45, 7) is 0. The number of methoxy groups -OCH3 is 1. The van der Waals surface area contributed by atoms with E-state index in [-0.39, 0.29) is 29.3 Å². The summed E-state index contributed by atoms with van der Waals surface area (Å²) in [6.07, 6.45) is 1.55. The molecule has 40 heavy (non-hydrogen) atoms. The Morgan fingerprint density at radius 1 is 0.900 bits per heavy atom. The molecule has 0 aliphatic carbocycles. The molecular formula is C31H20O9. The van der Waals surface area contributed by atoms with Crippen molar-refractivity contribution in [3.63, 3.8) is 0 Å². The van der Waals surface area contributed by atoms with E-state index >= 15 is 0 Å². The average molecular weight is 536 g/mol. The molecule has 0 fully saturated rings. The number of aromatic carboxylic acids is 1. The van der Waals surface area contributed by atoms with E-state index in [1.807, 2.05) is 0 Å². The Hall–Kier alpha value is -5.44. The number of esters is 2. The summed E-state index contributed by atoms with van der Waals surface area (Å²) in [5, 5.41) is 9.15. The fourth-order valence-corrected chi connectivity index (χ4v) is 4.81. The first-order chi connectivity index (χ1) is 19.3. The number of rotatable bonds is 5. The third kappa shape index (κ3) is 4.33. The van der Waals surface area contributed by atoms with Crippen LogP contribution in [-0.2, 0) is 9.53 Å². The van der Waals surface area contributed by atoms with Crippen LogP contribution in [0.4, 0.5) is 0 Å². The maximum Gasteiger partial charge on any atom is 0.337 e. The van der Waals surface area contributed by atoms with Crippen molar-refractivity contribution < 1.29 is 42.9 Å². The summed E-state index contributed by atoms with van der Waals surface area (Å²) in [7, 11) is 1.30. The maximum absolute atomic E-state index is 13.2. The molecule has 6 rings (SSSR count). The van der Waals surface area contributed by atoms with Crippen LogP contribution in [0.1, 0.15) is 60.3 Å². The highest BCUT2D eigenvalue weighted by Gasteiger charge is 2.39. The number of furan rings is 1. The van der Waals surface area contributed by atoms with Crippen LogP contribution in [0, 0.1) is 0 Å². The zero-order valence-electron chi connectivity index (χ0n) is 21.0. The van der Waals surface area contributed by atoms with Crippen LogP contribution in [0.3, 0.4) is 0 Å². The Balaban J connectivity index is 1.34. The van der Waals surface area contributed by atoms with Crippen molar-refractivity contribution in [2.24, 2.45) is 0 Å². The topological polar surface area (TPSA) is 129 Å². The molecule has 1 N–H and O–H groups in total.